The predicted molar refractivity (Wildman–Crippen MR) is 73.8 cm³/mol. The van der Waals surface area contributed by atoms with E-state index in [9.17, 15) is 4.79 Å². The minimum absolute atomic E-state index is 0.0356. The van der Waals surface area contributed by atoms with E-state index >= 15 is 0 Å². The van der Waals surface area contributed by atoms with Gasteiger partial charge in [0.15, 0.2) is 0 Å². The lowest BCUT2D eigenvalue weighted by molar-refractivity contribution is -0.121. The van der Waals surface area contributed by atoms with Gasteiger partial charge in [-0.15, -0.1) is 0 Å². The summed E-state index contributed by atoms with van der Waals surface area (Å²) in [5.74, 6) is 1.36. The number of amides is 1. The topological polar surface area (TPSA) is 59.6 Å². The molecule has 0 bridgehead atoms. The van der Waals surface area contributed by atoms with E-state index in [-0.39, 0.29) is 11.3 Å². The van der Waals surface area contributed by atoms with Crippen molar-refractivity contribution in [2.24, 2.45) is 5.41 Å². The van der Waals surface area contributed by atoms with E-state index in [2.05, 4.69) is 10.6 Å². The number of hydrogen-bond donors (Lipinski definition) is 2. The molecule has 0 aliphatic heterocycles. The third kappa shape index (κ3) is 2.81. The van der Waals surface area contributed by atoms with Crippen LogP contribution >= 0.6 is 0 Å². The molecule has 0 aromatic heterocycles. The summed E-state index contributed by atoms with van der Waals surface area (Å²) in [4.78, 5) is 12.3. The van der Waals surface area contributed by atoms with Gasteiger partial charge in [0.1, 0.15) is 11.5 Å². The van der Waals surface area contributed by atoms with Crippen molar-refractivity contribution in [1.82, 2.24) is 5.32 Å². The van der Waals surface area contributed by atoms with Crippen molar-refractivity contribution in [3.63, 3.8) is 0 Å². The maximum absolute atomic E-state index is 12.3. The molecule has 1 amide bonds. The second kappa shape index (κ2) is 5.48. The Morgan fingerprint density at radius 1 is 1.32 bits per heavy atom. The van der Waals surface area contributed by atoms with Crippen LogP contribution in [0.1, 0.15) is 12.8 Å². The minimum atomic E-state index is -0.261. The summed E-state index contributed by atoms with van der Waals surface area (Å²) in [7, 11) is 5.04. The smallest absolute Gasteiger partial charge is 0.231 e. The zero-order valence-electron chi connectivity index (χ0n) is 11.6. The number of methoxy groups -OCH3 is 2. The highest BCUT2D eigenvalue weighted by Crippen LogP contribution is 2.46. The van der Waals surface area contributed by atoms with E-state index in [0.717, 1.165) is 12.8 Å². The Hall–Kier alpha value is -1.75. The second-order valence-corrected chi connectivity index (χ2v) is 4.83. The molecule has 104 valence electrons. The van der Waals surface area contributed by atoms with E-state index in [0.29, 0.717) is 23.7 Å². The van der Waals surface area contributed by atoms with Crippen LogP contribution in [0.4, 0.5) is 5.69 Å². The maximum Gasteiger partial charge on any atom is 0.231 e. The van der Waals surface area contributed by atoms with E-state index in [4.69, 9.17) is 9.47 Å². The third-order valence-electron chi connectivity index (χ3n) is 3.51. The quantitative estimate of drug-likeness (QED) is 0.820. The summed E-state index contributed by atoms with van der Waals surface area (Å²) in [5, 5.41) is 6.01. The molecule has 0 atom stereocenters. The third-order valence-corrected chi connectivity index (χ3v) is 3.51. The number of hydrogen-bond acceptors (Lipinski definition) is 4. The molecule has 2 rings (SSSR count). The number of nitrogens with one attached hydrogen (secondary N) is 2. The van der Waals surface area contributed by atoms with Crippen LogP contribution in [0.2, 0.25) is 0 Å². The van der Waals surface area contributed by atoms with Gasteiger partial charge in [-0.25, -0.2) is 0 Å². The monoisotopic (exact) mass is 264 g/mol. The van der Waals surface area contributed by atoms with Crippen molar-refractivity contribution >= 4 is 11.6 Å². The highest BCUT2D eigenvalue weighted by atomic mass is 16.5. The van der Waals surface area contributed by atoms with E-state index in [1.54, 1.807) is 32.4 Å². The van der Waals surface area contributed by atoms with Gasteiger partial charge in [0.25, 0.3) is 0 Å². The number of anilines is 1. The Morgan fingerprint density at radius 2 is 2.05 bits per heavy atom. The normalized spacial score (nSPS) is 15.7. The van der Waals surface area contributed by atoms with E-state index < -0.39 is 0 Å². The summed E-state index contributed by atoms with van der Waals surface area (Å²) in [6.45, 7) is 0.700. The first-order valence-electron chi connectivity index (χ1n) is 6.33. The standard InChI is InChI=1S/C14H20N2O3/c1-15-9-14(6-7-14)13(17)16-11-8-10(18-2)4-5-12(11)19-3/h4-5,8,15H,6-7,9H2,1-3H3,(H,16,17). The van der Waals surface area contributed by atoms with Gasteiger partial charge in [-0.3, -0.25) is 4.79 Å². The molecule has 2 N–H and O–H groups in total. The number of ether oxygens (including phenoxy) is 2. The fourth-order valence-corrected chi connectivity index (χ4v) is 2.14. The Balaban J connectivity index is 2.16. The van der Waals surface area contributed by atoms with Crippen LogP contribution in [0.15, 0.2) is 18.2 Å². The summed E-state index contributed by atoms with van der Waals surface area (Å²) >= 11 is 0. The molecule has 19 heavy (non-hydrogen) atoms. The Labute approximate surface area is 113 Å². The lowest BCUT2D eigenvalue weighted by atomic mass is 10.1. The van der Waals surface area contributed by atoms with Gasteiger partial charge < -0.3 is 20.1 Å². The average molecular weight is 264 g/mol. The fraction of sp³-hybridized carbons (Fsp3) is 0.500. The Bertz CT molecular complexity index is 470. The molecule has 1 saturated carbocycles. The van der Waals surface area contributed by atoms with Crippen molar-refractivity contribution in [2.75, 3.05) is 33.1 Å². The fourth-order valence-electron chi connectivity index (χ4n) is 2.14. The van der Waals surface area contributed by atoms with Crippen molar-refractivity contribution < 1.29 is 14.3 Å². The SMILES string of the molecule is CNCC1(C(=O)Nc2cc(OC)ccc2OC)CC1. The largest absolute Gasteiger partial charge is 0.497 e. The first-order chi connectivity index (χ1) is 9.15. The summed E-state index contributed by atoms with van der Waals surface area (Å²) in [5.41, 5.74) is 0.386. The lowest BCUT2D eigenvalue weighted by Crippen LogP contribution is -2.32. The van der Waals surface area contributed by atoms with Crippen LogP contribution in [-0.2, 0) is 4.79 Å². The van der Waals surface area contributed by atoms with Crippen LogP contribution in [0.25, 0.3) is 0 Å². The van der Waals surface area contributed by atoms with Crippen LogP contribution < -0.4 is 20.1 Å². The van der Waals surface area contributed by atoms with Gasteiger partial charge in [-0.1, -0.05) is 0 Å². The molecule has 1 aliphatic carbocycles. The Morgan fingerprint density at radius 3 is 2.58 bits per heavy atom. The van der Waals surface area contributed by atoms with Gasteiger partial charge in [-0.05, 0) is 32.0 Å². The van der Waals surface area contributed by atoms with Crippen LogP contribution in [-0.4, -0.2) is 33.7 Å². The molecular weight excluding hydrogens is 244 g/mol. The average Bonchev–Trinajstić information content (AvgIpc) is 3.20. The molecule has 0 saturated heterocycles. The first kappa shape index (κ1) is 13.7. The number of benzene rings is 1. The first-order valence-corrected chi connectivity index (χ1v) is 6.33. The van der Waals surface area contributed by atoms with Crippen LogP contribution in [0, 0.1) is 5.41 Å². The van der Waals surface area contributed by atoms with Crippen LogP contribution in [0.5, 0.6) is 11.5 Å². The molecule has 0 heterocycles. The van der Waals surface area contributed by atoms with Crippen molar-refractivity contribution in [3.8, 4) is 11.5 Å². The number of carbonyl (C=O) groups excluding carboxylic acids is 1. The zero-order valence-corrected chi connectivity index (χ0v) is 11.6. The molecular formula is C14H20N2O3. The maximum atomic E-state index is 12.3. The van der Waals surface area contributed by atoms with Gasteiger partial charge >= 0.3 is 0 Å². The van der Waals surface area contributed by atoms with Gasteiger partial charge in [0.2, 0.25) is 5.91 Å². The van der Waals surface area contributed by atoms with Crippen LogP contribution in [0.3, 0.4) is 0 Å². The molecule has 1 aromatic rings. The molecule has 0 radical (unpaired) electrons. The van der Waals surface area contributed by atoms with Gasteiger partial charge in [0, 0.05) is 12.6 Å². The van der Waals surface area contributed by atoms with Gasteiger partial charge in [0.05, 0.1) is 25.3 Å². The highest BCUT2D eigenvalue weighted by molar-refractivity contribution is 5.98. The highest BCUT2D eigenvalue weighted by Gasteiger charge is 2.49. The van der Waals surface area contributed by atoms with Crippen molar-refractivity contribution in [3.05, 3.63) is 18.2 Å². The zero-order chi connectivity index (χ0) is 13.9. The molecule has 5 nitrogen and oxygen atoms in total. The van der Waals surface area contributed by atoms with Crippen molar-refractivity contribution in [2.45, 2.75) is 12.8 Å². The number of carbonyl (C=O) groups is 1. The lowest BCUT2D eigenvalue weighted by Gasteiger charge is -2.17. The van der Waals surface area contributed by atoms with E-state index in [1.807, 2.05) is 7.05 Å². The molecule has 5 heteroatoms. The van der Waals surface area contributed by atoms with Crippen molar-refractivity contribution in [1.29, 1.82) is 0 Å². The molecule has 1 fully saturated rings. The summed E-state index contributed by atoms with van der Waals surface area (Å²) < 4.78 is 10.4. The summed E-state index contributed by atoms with van der Waals surface area (Å²) in [6, 6.07) is 5.35. The Kier molecular flexibility index (Phi) is 3.95. The minimum Gasteiger partial charge on any atom is -0.497 e. The second-order valence-electron chi connectivity index (χ2n) is 4.83. The predicted octanol–water partition coefficient (Wildman–Crippen LogP) is 1.64. The summed E-state index contributed by atoms with van der Waals surface area (Å²) in [6.07, 6.45) is 1.85. The van der Waals surface area contributed by atoms with Gasteiger partial charge in [-0.2, -0.15) is 0 Å². The molecule has 0 unspecified atom stereocenters. The van der Waals surface area contributed by atoms with E-state index in [1.165, 1.54) is 0 Å². The molecule has 1 aromatic carbocycles. The molecule has 1 aliphatic rings. The number of rotatable bonds is 6. The molecule has 0 spiro atoms.